The first-order valence-corrected chi connectivity index (χ1v) is 6.58. The molecule has 1 amide bonds. The molecule has 0 saturated carbocycles. The third-order valence-electron chi connectivity index (χ3n) is 3.21. The summed E-state index contributed by atoms with van der Waals surface area (Å²) in [5.74, 6) is -1.27. The van der Waals surface area contributed by atoms with Gasteiger partial charge < -0.3 is 10.4 Å². The summed E-state index contributed by atoms with van der Waals surface area (Å²) in [5.41, 5.74) is 2.21. The van der Waals surface area contributed by atoms with Crippen LogP contribution < -0.4 is 5.32 Å². The lowest BCUT2D eigenvalue weighted by molar-refractivity contribution is -0.116. The van der Waals surface area contributed by atoms with E-state index in [1.54, 1.807) is 36.0 Å². The number of aromatic nitrogens is 2. The zero-order chi connectivity index (χ0) is 15.4. The number of carbonyl (C=O) groups is 2. The Morgan fingerprint density at radius 1 is 1.33 bits per heavy atom. The molecule has 0 aliphatic heterocycles. The van der Waals surface area contributed by atoms with Crippen molar-refractivity contribution in [2.24, 2.45) is 7.05 Å². The Morgan fingerprint density at radius 3 is 2.71 bits per heavy atom. The topological polar surface area (TPSA) is 84.2 Å². The molecule has 0 aliphatic rings. The number of benzene rings is 1. The van der Waals surface area contributed by atoms with Crippen molar-refractivity contribution in [1.29, 1.82) is 0 Å². The number of hydrogen-bond acceptors (Lipinski definition) is 3. The van der Waals surface area contributed by atoms with Crippen molar-refractivity contribution >= 4 is 17.6 Å². The number of rotatable bonds is 5. The van der Waals surface area contributed by atoms with Crippen LogP contribution in [0.15, 0.2) is 30.5 Å². The van der Waals surface area contributed by atoms with Gasteiger partial charge in [0.15, 0.2) is 0 Å². The van der Waals surface area contributed by atoms with Crippen LogP contribution in [0.1, 0.15) is 28.0 Å². The third kappa shape index (κ3) is 3.68. The van der Waals surface area contributed by atoms with Gasteiger partial charge in [0.05, 0.1) is 11.3 Å². The van der Waals surface area contributed by atoms with Crippen molar-refractivity contribution in [3.8, 4) is 0 Å². The predicted octanol–water partition coefficient (Wildman–Crippen LogP) is 2.00. The maximum Gasteiger partial charge on any atom is 0.337 e. The third-order valence-corrected chi connectivity index (χ3v) is 3.21. The molecule has 0 bridgehead atoms. The molecule has 0 saturated heterocycles. The number of hydrogen-bond donors (Lipinski definition) is 2. The van der Waals surface area contributed by atoms with Crippen molar-refractivity contribution in [1.82, 2.24) is 9.78 Å². The highest BCUT2D eigenvalue weighted by Gasteiger charge is 2.13. The standard InChI is InChI=1S/C15H17N3O3/c1-10-3-5-13(12(9-10)15(20)21)17-14(19)6-4-11-7-8-16-18(11)2/h3,5,7-9H,4,6H2,1-2H3,(H,17,19)(H,20,21). The predicted molar refractivity (Wildman–Crippen MR) is 78.3 cm³/mol. The van der Waals surface area contributed by atoms with Crippen LogP contribution in [0.2, 0.25) is 0 Å². The fourth-order valence-electron chi connectivity index (χ4n) is 2.04. The minimum absolute atomic E-state index is 0.101. The molecule has 1 heterocycles. The van der Waals surface area contributed by atoms with Gasteiger partial charge in [-0.1, -0.05) is 11.6 Å². The molecule has 1 aromatic heterocycles. The van der Waals surface area contributed by atoms with Crippen molar-refractivity contribution in [3.63, 3.8) is 0 Å². The minimum atomic E-state index is -1.05. The first-order valence-electron chi connectivity index (χ1n) is 6.58. The lowest BCUT2D eigenvalue weighted by Gasteiger charge is -2.09. The van der Waals surface area contributed by atoms with Crippen molar-refractivity contribution < 1.29 is 14.7 Å². The molecule has 0 atom stereocenters. The molecule has 0 unspecified atom stereocenters. The first kappa shape index (κ1) is 14.8. The Balaban J connectivity index is 2.03. The lowest BCUT2D eigenvalue weighted by Crippen LogP contribution is -2.16. The molecule has 1 aromatic carbocycles. The summed E-state index contributed by atoms with van der Waals surface area (Å²) in [5, 5.41) is 15.8. The molecule has 2 N–H and O–H groups in total. The van der Waals surface area contributed by atoms with E-state index in [1.807, 2.05) is 13.1 Å². The highest BCUT2D eigenvalue weighted by molar-refractivity contribution is 6.00. The zero-order valence-electron chi connectivity index (χ0n) is 12.0. The summed E-state index contributed by atoms with van der Waals surface area (Å²) in [6.45, 7) is 1.81. The van der Waals surface area contributed by atoms with Crippen molar-refractivity contribution in [2.75, 3.05) is 5.32 Å². The number of aryl methyl sites for hydroxylation is 3. The number of carboxylic acids is 1. The Kier molecular flexibility index (Phi) is 4.37. The molecule has 0 aliphatic carbocycles. The molecule has 0 fully saturated rings. The Morgan fingerprint density at radius 2 is 2.10 bits per heavy atom. The molecular formula is C15H17N3O3. The minimum Gasteiger partial charge on any atom is -0.478 e. The van der Waals surface area contributed by atoms with Crippen LogP contribution in [-0.4, -0.2) is 26.8 Å². The van der Waals surface area contributed by atoms with Gasteiger partial charge in [0.1, 0.15) is 0 Å². The maximum atomic E-state index is 11.9. The van der Waals surface area contributed by atoms with E-state index in [0.29, 0.717) is 12.1 Å². The van der Waals surface area contributed by atoms with Crippen LogP contribution in [-0.2, 0) is 18.3 Å². The van der Waals surface area contributed by atoms with E-state index in [1.165, 1.54) is 0 Å². The van der Waals surface area contributed by atoms with E-state index >= 15 is 0 Å². The fourth-order valence-corrected chi connectivity index (χ4v) is 2.04. The van der Waals surface area contributed by atoms with E-state index in [0.717, 1.165) is 11.3 Å². The van der Waals surface area contributed by atoms with Gasteiger partial charge in [-0.2, -0.15) is 5.10 Å². The van der Waals surface area contributed by atoms with E-state index in [-0.39, 0.29) is 17.9 Å². The van der Waals surface area contributed by atoms with Gasteiger partial charge in [-0.3, -0.25) is 9.48 Å². The van der Waals surface area contributed by atoms with Crippen molar-refractivity contribution in [2.45, 2.75) is 19.8 Å². The molecule has 2 rings (SSSR count). The van der Waals surface area contributed by atoms with Crippen LogP contribution in [0.25, 0.3) is 0 Å². The van der Waals surface area contributed by atoms with E-state index in [4.69, 9.17) is 5.11 Å². The molecule has 6 nitrogen and oxygen atoms in total. The number of anilines is 1. The maximum absolute atomic E-state index is 11.9. The smallest absolute Gasteiger partial charge is 0.337 e. The number of carbonyl (C=O) groups excluding carboxylic acids is 1. The Labute approximate surface area is 122 Å². The second kappa shape index (κ2) is 6.21. The normalized spacial score (nSPS) is 10.4. The molecule has 0 spiro atoms. The second-order valence-corrected chi connectivity index (χ2v) is 4.85. The average molecular weight is 287 g/mol. The van der Waals surface area contributed by atoms with Gasteiger partial charge in [-0.25, -0.2) is 4.79 Å². The number of amides is 1. The summed E-state index contributed by atoms with van der Waals surface area (Å²) in [4.78, 5) is 23.1. The molecular weight excluding hydrogens is 270 g/mol. The monoisotopic (exact) mass is 287 g/mol. The zero-order valence-corrected chi connectivity index (χ0v) is 12.0. The van der Waals surface area contributed by atoms with Crippen LogP contribution in [0.3, 0.4) is 0 Å². The summed E-state index contributed by atoms with van der Waals surface area (Å²) in [6, 6.07) is 6.77. The van der Waals surface area contributed by atoms with Gasteiger partial charge in [0.25, 0.3) is 0 Å². The first-order chi connectivity index (χ1) is 9.97. The molecule has 110 valence electrons. The van der Waals surface area contributed by atoms with Gasteiger partial charge in [0, 0.05) is 25.4 Å². The van der Waals surface area contributed by atoms with Crippen LogP contribution in [0.5, 0.6) is 0 Å². The number of carboxylic acid groups (broad SMARTS) is 1. The summed E-state index contributed by atoms with van der Waals surface area (Å²) < 4.78 is 1.71. The SMILES string of the molecule is Cc1ccc(NC(=O)CCc2ccnn2C)c(C(=O)O)c1. The van der Waals surface area contributed by atoms with E-state index in [9.17, 15) is 9.59 Å². The van der Waals surface area contributed by atoms with Crippen LogP contribution >= 0.6 is 0 Å². The van der Waals surface area contributed by atoms with E-state index < -0.39 is 5.97 Å². The number of aromatic carboxylic acids is 1. The molecule has 2 aromatic rings. The van der Waals surface area contributed by atoms with Gasteiger partial charge in [-0.15, -0.1) is 0 Å². The van der Waals surface area contributed by atoms with E-state index in [2.05, 4.69) is 10.4 Å². The second-order valence-electron chi connectivity index (χ2n) is 4.85. The summed E-state index contributed by atoms with van der Waals surface area (Å²) in [6.07, 6.45) is 2.50. The van der Waals surface area contributed by atoms with Gasteiger partial charge >= 0.3 is 5.97 Å². The van der Waals surface area contributed by atoms with Gasteiger partial charge in [0.2, 0.25) is 5.91 Å². The quantitative estimate of drug-likeness (QED) is 0.881. The molecule has 0 radical (unpaired) electrons. The highest BCUT2D eigenvalue weighted by Crippen LogP contribution is 2.18. The summed E-state index contributed by atoms with van der Waals surface area (Å²) in [7, 11) is 1.82. The highest BCUT2D eigenvalue weighted by atomic mass is 16.4. The number of nitrogens with zero attached hydrogens (tertiary/aromatic N) is 2. The van der Waals surface area contributed by atoms with Crippen molar-refractivity contribution in [3.05, 3.63) is 47.3 Å². The Bertz CT molecular complexity index is 677. The number of nitrogens with one attached hydrogen (secondary N) is 1. The average Bonchev–Trinajstić information content (AvgIpc) is 2.84. The fraction of sp³-hybridized carbons (Fsp3) is 0.267. The summed E-state index contributed by atoms with van der Waals surface area (Å²) >= 11 is 0. The molecule has 21 heavy (non-hydrogen) atoms. The largest absolute Gasteiger partial charge is 0.478 e. The van der Waals surface area contributed by atoms with Crippen LogP contribution in [0, 0.1) is 6.92 Å². The molecule has 6 heteroatoms. The Hall–Kier alpha value is -2.63. The van der Waals surface area contributed by atoms with Crippen LogP contribution in [0.4, 0.5) is 5.69 Å². The van der Waals surface area contributed by atoms with Gasteiger partial charge in [-0.05, 0) is 31.5 Å². The lowest BCUT2D eigenvalue weighted by atomic mass is 10.1.